The van der Waals surface area contributed by atoms with Gasteiger partial charge in [-0.25, -0.2) is 4.98 Å². The van der Waals surface area contributed by atoms with Crippen LogP contribution in [0.1, 0.15) is 24.8 Å². The number of fused-ring (bicyclic) bond motifs is 1. The Kier molecular flexibility index (Phi) is 9.13. The Bertz CT molecular complexity index is 1850. The lowest BCUT2D eigenvalue weighted by Gasteiger charge is -2.28. The largest absolute Gasteiger partial charge is 0.372 e. The molecule has 6 aromatic rings. The summed E-state index contributed by atoms with van der Waals surface area (Å²) in [5, 5.41) is 12.8. The quantitative estimate of drug-likeness (QED) is 0.149. The zero-order valence-electron chi connectivity index (χ0n) is 24.6. The van der Waals surface area contributed by atoms with Gasteiger partial charge in [-0.1, -0.05) is 78.1 Å². The molecule has 0 spiro atoms. The van der Waals surface area contributed by atoms with Crippen LogP contribution in [0.15, 0.2) is 113 Å². The van der Waals surface area contributed by atoms with Gasteiger partial charge in [0.25, 0.3) is 0 Å². The lowest BCUT2D eigenvalue weighted by atomic mass is 10.1. The molecule has 7 nitrogen and oxygen atoms in total. The molecule has 226 valence electrons. The number of para-hydroxylation sites is 2. The molecule has 7 rings (SSSR count). The van der Waals surface area contributed by atoms with Crippen LogP contribution < -0.4 is 10.2 Å². The number of amides is 1. The molecule has 0 aliphatic carbocycles. The van der Waals surface area contributed by atoms with Gasteiger partial charge in [-0.3, -0.25) is 9.36 Å². The summed E-state index contributed by atoms with van der Waals surface area (Å²) < 4.78 is 4.31. The van der Waals surface area contributed by atoms with E-state index in [2.05, 4.69) is 75.0 Å². The van der Waals surface area contributed by atoms with E-state index in [4.69, 9.17) is 4.98 Å². The van der Waals surface area contributed by atoms with Gasteiger partial charge in [-0.05, 0) is 73.4 Å². The number of nitrogens with one attached hydrogen (secondary N) is 1. The van der Waals surface area contributed by atoms with Gasteiger partial charge < -0.3 is 10.2 Å². The highest BCUT2D eigenvalue weighted by atomic mass is 32.2. The highest BCUT2D eigenvalue weighted by Gasteiger charge is 2.18. The Morgan fingerprint density at radius 1 is 0.778 bits per heavy atom. The number of thioether (sulfide) groups is 2. The average Bonchev–Trinajstić information content (AvgIpc) is 3.72. The van der Waals surface area contributed by atoms with E-state index in [-0.39, 0.29) is 11.7 Å². The van der Waals surface area contributed by atoms with Crippen molar-refractivity contribution in [3.8, 4) is 17.1 Å². The number of carbonyl (C=O) groups is 1. The monoisotopic (exact) mass is 648 g/mol. The molecule has 1 fully saturated rings. The molecule has 0 bridgehead atoms. The van der Waals surface area contributed by atoms with Crippen molar-refractivity contribution < 1.29 is 4.79 Å². The molecule has 1 amide bonds. The number of aromatic nitrogens is 4. The molecule has 10 heteroatoms. The minimum Gasteiger partial charge on any atom is -0.372 e. The summed E-state index contributed by atoms with van der Waals surface area (Å²) in [6.45, 7) is 2.20. The fourth-order valence-corrected chi connectivity index (χ4v) is 8.18. The number of anilines is 2. The number of nitrogens with zero attached hydrogens (tertiary/aromatic N) is 5. The Morgan fingerprint density at radius 2 is 1.53 bits per heavy atom. The van der Waals surface area contributed by atoms with Crippen molar-refractivity contribution in [3.05, 3.63) is 109 Å². The summed E-state index contributed by atoms with van der Waals surface area (Å²) in [6, 6.07) is 34.9. The van der Waals surface area contributed by atoms with E-state index in [1.54, 1.807) is 23.1 Å². The third-order valence-electron chi connectivity index (χ3n) is 7.70. The summed E-state index contributed by atoms with van der Waals surface area (Å²) >= 11 is 4.86. The van der Waals surface area contributed by atoms with Crippen molar-refractivity contribution >= 4 is 62.4 Å². The van der Waals surface area contributed by atoms with Gasteiger partial charge >= 0.3 is 0 Å². The van der Waals surface area contributed by atoms with E-state index in [1.165, 1.54) is 47.0 Å². The first-order valence-electron chi connectivity index (χ1n) is 15.1. The molecule has 3 heterocycles. The second-order valence-electron chi connectivity index (χ2n) is 10.8. The average molecular weight is 649 g/mol. The Morgan fingerprint density at radius 3 is 2.31 bits per heavy atom. The predicted octanol–water partition coefficient (Wildman–Crippen LogP) is 8.56. The van der Waals surface area contributed by atoms with Gasteiger partial charge in [0.15, 0.2) is 15.3 Å². The number of hydrogen-bond acceptors (Lipinski definition) is 8. The summed E-state index contributed by atoms with van der Waals surface area (Å²) in [5.41, 5.74) is 6.19. The third-order valence-corrected chi connectivity index (χ3v) is 10.9. The molecule has 0 radical (unpaired) electrons. The van der Waals surface area contributed by atoms with Crippen LogP contribution in [0.5, 0.6) is 0 Å². The lowest BCUT2D eigenvalue weighted by molar-refractivity contribution is -0.113. The van der Waals surface area contributed by atoms with E-state index >= 15 is 0 Å². The van der Waals surface area contributed by atoms with Gasteiger partial charge in [0.2, 0.25) is 5.91 Å². The Labute approximate surface area is 275 Å². The normalized spacial score (nSPS) is 13.3. The predicted molar refractivity (Wildman–Crippen MR) is 188 cm³/mol. The zero-order chi connectivity index (χ0) is 30.4. The molecule has 1 aliphatic rings. The first kappa shape index (κ1) is 29.6. The number of hydrogen-bond donors (Lipinski definition) is 1. The van der Waals surface area contributed by atoms with E-state index in [0.29, 0.717) is 5.16 Å². The van der Waals surface area contributed by atoms with Crippen LogP contribution in [0.4, 0.5) is 11.4 Å². The van der Waals surface area contributed by atoms with Crippen molar-refractivity contribution in [2.24, 2.45) is 0 Å². The molecule has 1 aliphatic heterocycles. The maximum absolute atomic E-state index is 12.9. The van der Waals surface area contributed by atoms with Crippen LogP contribution in [0, 0.1) is 0 Å². The van der Waals surface area contributed by atoms with Crippen LogP contribution >= 0.6 is 34.9 Å². The number of piperidine rings is 1. The van der Waals surface area contributed by atoms with Gasteiger partial charge in [0.1, 0.15) is 0 Å². The van der Waals surface area contributed by atoms with Crippen LogP contribution in [-0.4, -0.2) is 44.5 Å². The SMILES string of the molecule is O=C(CSc1nnc(-c2ccc(CSc3nc4ccccc4s3)cc2)n1-c1ccccc1)Nc1ccc(N2CCCCC2)cc1. The molecular weight excluding hydrogens is 617 g/mol. The van der Waals surface area contributed by atoms with Gasteiger partial charge in [0, 0.05) is 41.5 Å². The van der Waals surface area contributed by atoms with Crippen molar-refractivity contribution in [2.75, 3.05) is 29.1 Å². The second-order valence-corrected chi connectivity index (χ2v) is 14.0. The summed E-state index contributed by atoms with van der Waals surface area (Å²) in [6.07, 6.45) is 3.78. The highest BCUT2D eigenvalue weighted by molar-refractivity contribution is 8.00. The first-order chi connectivity index (χ1) is 22.2. The van der Waals surface area contributed by atoms with Crippen molar-refractivity contribution in [1.29, 1.82) is 0 Å². The molecule has 0 unspecified atom stereocenters. The summed E-state index contributed by atoms with van der Waals surface area (Å²) in [5.74, 6) is 1.72. The fourth-order valence-electron chi connectivity index (χ4n) is 5.40. The number of rotatable bonds is 10. The summed E-state index contributed by atoms with van der Waals surface area (Å²) in [4.78, 5) is 20.1. The molecule has 45 heavy (non-hydrogen) atoms. The van der Waals surface area contributed by atoms with E-state index in [1.807, 2.05) is 53.1 Å². The van der Waals surface area contributed by atoms with E-state index < -0.39 is 0 Å². The number of thiazole rings is 1. The molecular formula is C35H32N6OS3. The molecule has 0 atom stereocenters. The molecule has 2 aromatic heterocycles. The maximum Gasteiger partial charge on any atom is 0.234 e. The van der Waals surface area contributed by atoms with Gasteiger partial charge in [-0.2, -0.15) is 0 Å². The molecule has 0 saturated carbocycles. The van der Waals surface area contributed by atoms with Crippen LogP contribution in [-0.2, 0) is 10.5 Å². The van der Waals surface area contributed by atoms with Crippen LogP contribution in [0.25, 0.3) is 27.3 Å². The standard InChI is InChI=1S/C35H32N6OS3/c42-32(36-27-17-19-28(20-18-27)40-21-7-2-8-22-40)24-43-34-39-38-33(41(34)29-9-3-1-4-10-29)26-15-13-25(14-16-26)23-44-35-37-30-11-5-6-12-31(30)45-35/h1,3-6,9-20H,2,7-8,21-24H2,(H,36,42). The Hall–Kier alpha value is -4.12. The number of carbonyl (C=O) groups excluding carboxylic acids is 1. The molecule has 1 N–H and O–H groups in total. The third kappa shape index (κ3) is 7.08. The maximum atomic E-state index is 12.9. The first-order valence-corrected chi connectivity index (χ1v) is 17.8. The smallest absolute Gasteiger partial charge is 0.234 e. The second kappa shape index (κ2) is 13.9. The summed E-state index contributed by atoms with van der Waals surface area (Å²) in [7, 11) is 0. The number of benzene rings is 4. The van der Waals surface area contributed by atoms with E-state index in [9.17, 15) is 4.79 Å². The van der Waals surface area contributed by atoms with Crippen molar-refractivity contribution in [2.45, 2.75) is 34.5 Å². The molecule has 4 aromatic carbocycles. The van der Waals surface area contributed by atoms with E-state index in [0.717, 1.165) is 51.5 Å². The fraction of sp³-hybridized carbons (Fsp3) is 0.200. The topological polar surface area (TPSA) is 75.9 Å². The van der Waals surface area contributed by atoms with Crippen molar-refractivity contribution in [3.63, 3.8) is 0 Å². The highest BCUT2D eigenvalue weighted by Crippen LogP contribution is 2.33. The van der Waals surface area contributed by atoms with Crippen LogP contribution in [0.2, 0.25) is 0 Å². The minimum absolute atomic E-state index is 0.0788. The van der Waals surface area contributed by atoms with Crippen LogP contribution in [0.3, 0.4) is 0 Å². The Balaban J connectivity index is 1.02. The lowest BCUT2D eigenvalue weighted by Crippen LogP contribution is -2.29. The van der Waals surface area contributed by atoms with Crippen molar-refractivity contribution in [1.82, 2.24) is 19.7 Å². The van der Waals surface area contributed by atoms with Gasteiger partial charge in [0.05, 0.1) is 16.0 Å². The zero-order valence-corrected chi connectivity index (χ0v) is 27.1. The molecule has 1 saturated heterocycles. The minimum atomic E-state index is -0.0788. The van der Waals surface area contributed by atoms with Gasteiger partial charge in [-0.15, -0.1) is 21.5 Å².